The summed E-state index contributed by atoms with van der Waals surface area (Å²) in [7, 11) is 0. The van der Waals surface area contributed by atoms with Crippen LogP contribution in [-0.2, 0) is 17.6 Å². The number of carbonyl (C=O) groups excluding carboxylic acids is 1. The van der Waals surface area contributed by atoms with Crippen LogP contribution in [0.4, 0.5) is 0 Å². The van der Waals surface area contributed by atoms with E-state index in [0.717, 1.165) is 66.7 Å². The minimum atomic E-state index is -0.266. The van der Waals surface area contributed by atoms with Gasteiger partial charge in [-0.25, -0.2) is 4.98 Å². The van der Waals surface area contributed by atoms with Crippen molar-refractivity contribution in [3.8, 4) is 0 Å². The first-order valence-electron chi connectivity index (χ1n) is 10.6. The number of thioether (sulfide) groups is 1. The Morgan fingerprint density at radius 1 is 1.29 bits per heavy atom. The second-order valence-electron chi connectivity index (χ2n) is 7.95. The summed E-state index contributed by atoms with van der Waals surface area (Å²) in [5.41, 5.74) is 1.38. The van der Waals surface area contributed by atoms with Crippen molar-refractivity contribution in [1.82, 2.24) is 14.9 Å². The van der Waals surface area contributed by atoms with Gasteiger partial charge >= 0.3 is 0 Å². The molecular formula is C21H29N3O2S2. The lowest BCUT2D eigenvalue weighted by atomic mass is 9.97. The van der Waals surface area contributed by atoms with Gasteiger partial charge in [-0.15, -0.1) is 11.3 Å². The van der Waals surface area contributed by atoms with Gasteiger partial charge in [-0.3, -0.25) is 14.2 Å². The molecule has 0 saturated heterocycles. The van der Waals surface area contributed by atoms with Crippen molar-refractivity contribution in [1.29, 1.82) is 0 Å². The van der Waals surface area contributed by atoms with Crippen molar-refractivity contribution in [2.45, 2.75) is 88.1 Å². The van der Waals surface area contributed by atoms with Crippen LogP contribution in [0.1, 0.15) is 75.3 Å². The van der Waals surface area contributed by atoms with Gasteiger partial charge in [0.15, 0.2) is 5.16 Å². The Labute approximate surface area is 174 Å². The van der Waals surface area contributed by atoms with Crippen LogP contribution < -0.4 is 10.9 Å². The fourth-order valence-corrected chi connectivity index (χ4v) is 6.68. The number of hydrogen-bond acceptors (Lipinski definition) is 5. The molecule has 2 aliphatic rings. The van der Waals surface area contributed by atoms with Crippen LogP contribution in [0.2, 0.25) is 0 Å². The van der Waals surface area contributed by atoms with Gasteiger partial charge in [0.1, 0.15) is 4.83 Å². The number of nitrogens with zero attached hydrogens (tertiary/aromatic N) is 2. The highest BCUT2D eigenvalue weighted by Gasteiger charge is 2.28. The Morgan fingerprint density at radius 3 is 2.79 bits per heavy atom. The van der Waals surface area contributed by atoms with Gasteiger partial charge < -0.3 is 5.32 Å². The molecule has 0 aliphatic heterocycles. The maximum absolute atomic E-state index is 13.6. The highest BCUT2D eigenvalue weighted by atomic mass is 32.2. The number of carbonyl (C=O) groups is 1. The van der Waals surface area contributed by atoms with E-state index in [1.165, 1.54) is 28.6 Å². The molecule has 28 heavy (non-hydrogen) atoms. The second kappa shape index (κ2) is 8.57. The summed E-state index contributed by atoms with van der Waals surface area (Å²) in [5, 5.41) is 4.28. The first kappa shape index (κ1) is 20.0. The molecule has 5 nitrogen and oxygen atoms in total. The smallest absolute Gasteiger partial charge is 0.263 e. The second-order valence-corrected chi connectivity index (χ2v) is 10.3. The molecule has 2 heterocycles. The largest absolute Gasteiger partial charge is 0.355 e. The predicted octanol–water partition coefficient (Wildman–Crippen LogP) is 4.46. The van der Waals surface area contributed by atoms with E-state index < -0.39 is 0 Å². The van der Waals surface area contributed by atoms with Crippen LogP contribution in [0.5, 0.6) is 0 Å². The average molecular weight is 420 g/mol. The molecule has 1 saturated carbocycles. The van der Waals surface area contributed by atoms with Crippen LogP contribution in [0.3, 0.4) is 0 Å². The van der Waals surface area contributed by atoms with Gasteiger partial charge in [-0.05, 0) is 57.4 Å². The lowest BCUT2D eigenvalue weighted by Crippen LogP contribution is -2.33. The zero-order valence-corrected chi connectivity index (χ0v) is 18.4. The molecule has 0 radical (unpaired) electrons. The van der Waals surface area contributed by atoms with Gasteiger partial charge in [0, 0.05) is 17.5 Å². The number of hydrogen-bond donors (Lipinski definition) is 1. The summed E-state index contributed by atoms with van der Waals surface area (Å²) in [4.78, 5) is 33.2. The molecule has 1 fully saturated rings. The molecule has 0 bridgehead atoms. The number of fused-ring (bicyclic) bond motifs is 3. The minimum absolute atomic E-state index is 0.0182. The number of aryl methyl sites for hydroxylation is 2. The summed E-state index contributed by atoms with van der Waals surface area (Å²) in [5.74, 6) is 0.0182. The number of aromatic nitrogens is 2. The van der Waals surface area contributed by atoms with Crippen LogP contribution in [0.15, 0.2) is 9.95 Å². The van der Waals surface area contributed by atoms with E-state index in [-0.39, 0.29) is 22.8 Å². The van der Waals surface area contributed by atoms with E-state index >= 15 is 0 Å². The normalized spacial score (nSPS) is 18.4. The molecule has 152 valence electrons. The summed E-state index contributed by atoms with van der Waals surface area (Å²) in [6.45, 7) is 4.64. The molecule has 0 aromatic carbocycles. The zero-order valence-electron chi connectivity index (χ0n) is 16.8. The van der Waals surface area contributed by atoms with Gasteiger partial charge in [0.05, 0.1) is 10.6 Å². The Bertz CT molecular complexity index is 928. The third kappa shape index (κ3) is 3.75. The van der Waals surface area contributed by atoms with E-state index in [4.69, 9.17) is 4.98 Å². The van der Waals surface area contributed by atoms with E-state index in [1.54, 1.807) is 11.3 Å². The maximum Gasteiger partial charge on any atom is 0.263 e. The van der Waals surface area contributed by atoms with Crippen molar-refractivity contribution >= 4 is 39.2 Å². The Kier molecular flexibility index (Phi) is 6.11. The molecule has 1 atom stereocenters. The number of thiophene rings is 1. The molecule has 1 N–H and O–H groups in total. The Balaban J connectivity index is 1.76. The molecule has 1 amide bonds. The van der Waals surface area contributed by atoms with Crippen molar-refractivity contribution in [3.05, 3.63) is 20.8 Å². The summed E-state index contributed by atoms with van der Waals surface area (Å²) >= 11 is 3.13. The molecule has 4 rings (SSSR count). The maximum atomic E-state index is 13.6. The molecule has 2 aromatic heterocycles. The fraction of sp³-hybridized carbons (Fsp3) is 0.667. The molecular weight excluding hydrogens is 390 g/mol. The third-order valence-electron chi connectivity index (χ3n) is 5.88. The molecule has 0 spiro atoms. The van der Waals surface area contributed by atoms with Crippen LogP contribution in [-0.4, -0.2) is 27.3 Å². The van der Waals surface area contributed by atoms with E-state index in [2.05, 4.69) is 5.32 Å². The van der Waals surface area contributed by atoms with E-state index in [9.17, 15) is 9.59 Å². The quantitative estimate of drug-likeness (QED) is 0.555. The third-order valence-corrected chi connectivity index (χ3v) is 8.13. The topological polar surface area (TPSA) is 64.0 Å². The lowest BCUT2D eigenvalue weighted by Gasteiger charge is -2.20. The molecule has 2 aliphatic carbocycles. The molecule has 7 heteroatoms. The summed E-state index contributed by atoms with van der Waals surface area (Å²) < 4.78 is 1.94. The zero-order chi connectivity index (χ0) is 19.7. The Hall–Kier alpha value is -1.34. The van der Waals surface area contributed by atoms with Gasteiger partial charge in [-0.1, -0.05) is 31.5 Å². The fourth-order valence-electron chi connectivity index (χ4n) is 4.37. The SMILES string of the molecule is CCCNC(=O)[C@@H](C)Sc1nc2sc3c(c2c(=O)n1C1CCCC1)CCCC3. The first-order valence-corrected chi connectivity index (χ1v) is 12.3. The lowest BCUT2D eigenvalue weighted by molar-refractivity contribution is -0.120. The van der Waals surface area contributed by atoms with Crippen molar-refractivity contribution in [2.24, 2.45) is 0 Å². The highest BCUT2D eigenvalue weighted by molar-refractivity contribution is 8.00. The van der Waals surface area contributed by atoms with E-state index in [0.29, 0.717) is 6.54 Å². The first-order chi connectivity index (χ1) is 13.6. The molecule has 2 aromatic rings. The predicted molar refractivity (Wildman–Crippen MR) is 117 cm³/mol. The number of amides is 1. The van der Waals surface area contributed by atoms with Crippen molar-refractivity contribution in [3.63, 3.8) is 0 Å². The standard InChI is InChI=1S/C21H29N3O2S2/c1-3-12-22-18(25)13(2)27-21-23-19-17(15-10-6-7-11-16(15)28-19)20(26)24(21)14-8-4-5-9-14/h13-14H,3-12H2,1-2H3,(H,22,25)/t13-/m1/s1. The number of rotatable bonds is 6. The average Bonchev–Trinajstić information content (AvgIpc) is 3.33. The summed E-state index contributed by atoms with van der Waals surface area (Å²) in [6.07, 6.45) is 9.73. The van der Waals surface area contributed by atoms with Crippen LogP contribution >= 0.6 is 23.1 Å². The van der Waals surface area contributed by atoms with Crippen LogP contribution in [0.25, 0.3) is 10.2 Å². The Morgan fingerprint density at radius 2 is 2.04 bits per heavy atom. The highest BCUT2D eigenvalue weighted by Crippen LogP contribution is 2.38. The van der Waals surface area contributed by atoms with E-state index in [1.807, 2.05) is 18.4 Å². The number of nitrogens with one attached hydrogen (secondary N) is 1. The van der Waals surface area contributed by atoms with Crippen molar-refractivity contribution in [2.75, 3.05) is 6.54 Å². The van der Waals surface area contributed by atoms with Crippen molar-refractivity contribution < 1.29 is 4.79 Å². The van der Waals surface area contributed by atoms with Gasteiger partial charge in [0.2, 0.25) is 5.91 Å². The van der Waals surface area contributed by atoms with Gasteiger partial charge in [-0.2, -0.15) is 0 Å². The monoisotopic (exact) mass is 419 g/mol. The van der Waals surface area contributed by atoms with Gasteiger partial charge in [0.25, 0.3) is 5.56 Å². The van der Waals surface area contributed by atoms with Crippen LogP contribution in [0, 0.1) is 0 Å². The molecule has 0 unspecified atom stereocenters. The minimum Gasteiger partial charge on any atom is -0.355 e. The summed E-state index contributed by atoms with van der Waals surface area (Å²) in [6, 6.07) is 0.219.